The van der Waals surface area contributed by atoms with Crippen LogP contribution in [0.3, 0.4) is 0 Å². The first-order chi connectivity index (χ1) is 9.30. The fourth-order valence-electron chi connectivity index (χ4n) is 1.77. The number of carboxylic acid groups (broad SMARTS) is 1. The molecule has 0 spiro atoms. The zero-order chi connectivity index (χ0) is 14.9. The fourth-order valence-corrected chi connectivity index (χ4v) is 3.50. The second-order valence-corrected chi connectivity index (χ2v) is 7.50. The smallest absolute Gasteiger partial charge is 0.318 e. The highest BCUT2D eigenvalue weighted by Crippen LogP contribution is 2.32. The van der Waals surface area contributed by atoms with Crippen molar-refractivity contribution in [3.63, 3.8) is 0 Å². The number of carbonyl (C=O) groups is 1. The van der Waals surface area contributed by atoms with Crippen LogP contribution in [0.5, 0.6) is 0 Å². The highest BCUT2D eigenvalue weighted by Gasteiger charge is 2.33. The van der Waals surface area contributed by atoms with Gasteiger partial charge in [-0.15, -0.1) is 0 Å². The lowest BCUT2D eigenvalue weighted by Gasteiger charge is -2.20. The van der Waals surface area contributed by atoms with Crippen molar-refractivity contribution >= 4 is 31.9 Å². The SMILES string of the molecule is O=C(O)CN(CC1CC1)S(=O)(=O)c1ccc(Br)c(F)c1. The van der Waals surface area contributed by atoms with Gasteiger partial charge in [0.1, 0.15) is 12.4 Å². The van der Waals surface area contributed by atoms with E-state index in [1.54, 1.807) is 0 Å². The molecule has 0 unspecified atom stereocenters. The number of benzene rings is 1. The minimum absolute atomic E-state index is 0.156. The lowest BCUT2D eigenvalue weighted by molar-refractivity contribution is -0.137. The number of sulfonamides is 1. The second-order valence-electron chi connectivity index (χ2n) is 4.71. The summed E-state index contributed by atoms with van der Waals surface area (Å²) in [4.78, 5) is 10.6. The maximum absolute atomic E-state index is 13.5. The number of hydrogen-bond acceptors (Lipinski definition) is 3. The summed E-state index contributed by atoms with van der Waals surface area (Å²) < 4.78 is 39.3. The van der Waals surface area contributed by atoms with Crippen LogP contribution in [0.4, 0.5) is 4.39 Å². The molecular weight excluding hydrogens is 353 g/mol. The molecule has 5 nitrogen and oxygen atoms in total. The Balaban J connectivity index is 2.32. The molecule has 110 valence electrons. The van der Waals surface area contributed by atoms with Crippen molar-refractivity contribution in [1.29, 1.82) is 0 Å². The Hall–Kier alpha value is -0.990. The van der Waals surface area contributed by atoms with Crippen LogP contribution in [0, 0.1) is 11.7 Å². The van der Waals surface area contributed by atoms with E-state index in [0.29, 0.717) is 0 Å². The number of hydrogen-bond donors (Lipinski definition) is 1. The number of carboxylic acids is 1. The number of aliphatic carboxylic acids is 1. The van der Waals surface area contributed by atoms with Crippen LogP contribution in [-0.4, -0.2) is 36.9 Å². The van der Waals surface area contributed by atoms with E-state index in [1.165, 1.54) is 12.1 Å². The van der Waals surface area contributed by atoms with Crippen LogP contribution >= 0.6 is 15.9 Å². The summed E-state index contributed by atoms with van der Waals surface area (Å²) >= 11 is 2.95. The molecule has 1 fully saturated rings. The molecule has 8 heteroatoms. The van der Waals surface area contributed by atoms with Gasteiger partial charge >= 0.3 is 5.97 Å². The van der Waals surface area contributed by atoms with E-state index in [9.17, 15) is 17.6 Å². The van der Waals surface area contributed by atoms with Gasteiger partial charge in [-0.2, -0.15) is 4.31 Å². The van der Waals surface area contributed by atoms with Gasteiger partial charge < -0.3 is 5.11 Å². The first kappa shape index (κ1) is 15.4. The largest absolute Gasteiger partial charge is 0.480 e. The van der Waals surface area contributed by atoms with Gasteiger partial charge in [-0.3, -0.25) is 4.79 Å². The predicted molar refractivity (Wildman–Crippen MR) is 73.2 cm³/mol. The van der Waals surface area contributed by atoms with Gasteiger partial charge in [0.25, 0.3) is 0 Å². The van der Waals surface area contributed by atoms with Crippen molar-refractivity contribution < 1.29 is 22.7 Å². The molecular formula is C12H13BrFNO4S. The standard InChI is InChI=1S/C12H13BrFNO4S/c13-10-4-3-9(5-11(10)14)20(18,19)15(7-12(16)17)6-8-1-2-8/h3-5,8H,1-2,6-7H2,(H,16,17). The highest BCUT2D eigenvalue weighted by molar-refractivity contribution is 9.10. The normalized spacial score (nSPS) is 15.6. The van der Waals surface area contributed by atoms with E-state index in [2.05, 4.69) is 15.9 Å². The van der Waals surface area contributed by atoms with E-state index < -0.39 is 28.4 Å². The molecule has 1 aliphatic rings. The van der Waals surface area contributed by atoms with Crippen molar-refractivity contribution in [1.82, 2.24) is 4.31 Å². The summed E-state index contributed by atoms with van der Waals surface area (Å²) in [6, 6.07) is 3.43. The first-order valence-electron chi connectivity index (χ1n) is 5.97. The summed E-state index contributed by atoms with van der Waals surface area (Å²) in [5.41, 5.74) is 0. The monoisotopic (exact) mass is 365 g/mol. The van der Waals surface area contributed by atoms with E-state index >= 15 is 0 Å². The Bertz CT molecular complexity index is 630. The third-order valence-corrected chi connectivity index (χ3v) is 5.45. The molecule has 0 aliphatic heterocycles. The van der Waals surface area contributed by atoms with Crippen molar-refractivity contribution in [2.45, 2.75) is 17.7 Å². The van der Waals surface area contributed by atoms with Crippen LogP contribution in [0.15, 0.2) is 27.6 Å². The van der Waals surface area contributed by atoms with E-state index in [-0.39, 0.29) is 21.8 Å². The molecule has 0 heterocycles. The van der Waals surface area contributed by atoms with Crippen molar-refractivity contribution in [3.8, 4) is 0 Å². The molecule has 2 rings (SSSR count). The van der Waals surface area contributed by atoms with Crippen LogP contribution in [0.2, 0.25) is 0 Å². The van der Waals surface area contributed by atoms with Crippen molar-refractivity contribution in [2.24, 2.45) is 5.92 Å². The summed E-state index contributed by atoms with van der Waals surface area (Å²) in [7, 11) is -4.00. The van der Waals surface area contributed by atoms with E-state index in [1.807, 2.05) is 0 Å². The zero-order valence-corrected chi connectivity index (χ0v) is 12.8. The first-order valence-corrected chi connectivity index (χ1v) is 8.21. The zero-order valence-electron chi connectivity index (χ0n) is 10.4. The van der Waals surface area contributed by atoms with Crippen LogP contribution < -0.4 is 0 Å². The van der Waals surface area contributed by atoms with Crippen LogP contribution in [-0.2, 0) is 14.8 Å². The molecule has 0 atom stereocenters. The molecule has 0 aromatic heterocycles. The van der Waals surface area contributed by atoms with E-state index in [4.69, 9.17) is 5.11 Å². The number of rotatable bonds is 6. The van der Waals surface area contributed by atoms with Crippen LogP contribution in [0.25, 0.3) is 0 Å². The van der Waals surface area contributed by atoms with Gasteiger partial charge in [0.2, 0.25) is 10.0 Å². The molecule has 1 aromatic carbocycles. The third-order valence-electron chi connectivity index (χ3n) is 3.00. The average Bonchev–Trinajstić information content (AvgIpc) is 3.15. The van der Waals surface area contributed by atoms with E-state index in [0.717, 1.165) is 23.2 Å². The Morgan fingerprint density at radius 2 is 2.10 bits per heavy atom. The molecule has 20 heavy (non-hydrogen) atoms. The summed E-state index contributed by atoms with van der Waals surface area (Å²) in [6.45, 7) is -0.456. The quantitative estimate of drug-likeness (QED) is 0.837. The van der Waals surface area contributed by atoms with Gasteiger partial charge in [-0.1, -0.05) is 0 Å². The lowest BCUT2D eigenvalue weighted by Crippen LogP contribution is -2.37. The Labute approximate surface area is 124 Å². The van der Waals surface area contributed by atoms with Gasteiger partial charge in [-0.05, 0) is 52.9 Å². The van der Waals surface area contributed by atoms with Gasteiger partial charge in [0.15, 0.2) is 0 Å². The molecule has 1 N–H and O–H groups in total. The number of halogens is 2. The van der Waals surface area contributed by atoms with Crippen molar-refractivity contribution in [3.05, 3.63) is 28.5 Å². The predicted octanol–water partition coefficient (Wildman–Crippen LogP) is 2.07. The topological polar surface area (TPSA) is 74.7 Å². The van der Waals surface area contributed by atoms with Crippen LogP contribution in [0.1, 0.15) is 12.8 Å². The fraction of sp³-hybridized carbons (Fsp3) is 0.417. The molecule has 0 bridgehead atoms. The van der Waals surface area contributed by atoms with Gasteiger partial charge in [-0.25, -0.2) is 12.8 Å². The molecule has 1 saturated carbocycles. The number of nitrogens with zero attached hydrogens (tertiary/aromatic N) is 1. The third kappa shape index (κ3) is 3.56. The molecule has 0 saturated heterocycles. The molecule has 0 radical (unpaired) electrons. The van der Waals surface area contributed by atoms with Gasteiger partial charge in [0.05, 0.1) is 9.37 Å². The molecule has 1 aromatic rings. The Morgan fingerprint density at radius 3 is 2.60 bits per heavy atom. The Kier molecular flexibility index (Phi) is 4.46. The minimum atomic E-state index is -4.00. The van der Waals surface area contributed by atoms with Gasteiger partial charge in [0, 0.05) is 6.54 Å². The summed E-state index contributed by atoms with van der Waals surface area (Å²) in [5, 5.41) is 8.84. The summed E-state index contributed by atoms with van der Waals surface area (Å²) in [5.74, 6) is -1.73. The second kappa shape index (κ2) is 5.79. The maximum Gasteiger partial charge on any atom is 0.318 e. The maximum atomic E-state index is 13.5. The summed E-state index contributed by atoms with van der Waals surface area (Å²) in [6.07, 6.45) is 1.78. The molecule has 1 aliphatic carbocycles. The minimum Gasteiger partial charge on any atom is -0.480 e. The Morgan fingerprint density at radius 1 is 1.45 bits per heavy atom. The molecule has 0 amide bonds. The highest BCUT2D eigenvalue weighted by atomic mass is 79.9. The lowest BCUT2D eigenvalue weighted by atomic mass is 10.3. The van der Waals surface area contributed by atoms with Crippen molar-refractivity contribution in [2.75, 3.05) is 13.1 Å². The average molecular weight is 366 g/mol.